The molecule has 3 rings (SSSR count). The van der Waals surface area contributed by atoms with E-state index in [9.17, 15) is 22.4 Å². The Morgan fingerprint density at radius 3 is 2.76 bits per heavy atom. The van der Waals surface area contributed by atoms with Gasteiger partial charge in [-0.25, -0.2) is 13.1 Å². The molecule has 10 heteroatoms. The van der Waals surface area contributed by atoms with Gasteiger partial charge in [0, 0.05) is 5.57 Å². The van der Waals surface area contributed by atoms with Gasteiger partial charge in [-0.1, -0.05) is 32.9 Å². The lowest BCUT2D eigenvalue weighted by molar-refractivity contribution is -0.0934. The summed E-state index contributed by atoms with van der Waals surface area (Å²) in [5.74, 6) is -0.386. The van der Waals surface area contributed by atoms with Gasteiger partial charge in [-0.05, 0) is 46.2 Å². The SMILES string of the molecule is O=c1nc(NC2=IC=C(C(F)(F)F)CC2)sn1Cc1cccc(F)c1. The summed E-state index contributed by atoms with van der Waals surface area (Å²) in [4.78, 5) is 15.8. The second kappa shape index (κ2) is 7.36. The summed E-state index contributed by atoms with van der Waals surface area (Å²) in [6.07, 6.45) is -4.04. The second-order valence-corrected chi connectivity index (χ2v) is 8.79. The molecule has 2 heterocycles. The number of aromatic nitrogens is 2. The lowest BCUT2D eigenvalue weighted by Gasteiger charge is -2.16. The van der Waals surface area contributed by atoms with Gasteiger partial charge in [0.05, 0.1) is 10.2 Å². The molecular weight excluding hydrogens is 473 g/mol. The molecule has 0 aliphatic carbocycles. The molecule has 0 spiro atoms. The number of nitrogens with zero attached hydrogens (tertiary/aromatic N) is 2. The van der Waals surface area contributed by atoms with Crippen molar-refractivity contribution in [3.05, 3.63) is 55.8 Å². The van der Waals surface area contributed by atoms with Gasteiger partial charge in [0.2, 0.25) is 5.13 Å². The molecule has 0 atom stereocenters. The second-order valence-electron chi connectivity index (χ2n) is 5.23. The van der Waals surface area contributed by atoms with E-state index in [1.54, 1.807) is 12.1 Å². The molecule has 0 unspecified atom stereocenters. The van der Waals surface area contributed by atoms with Crippen molar-refractivity contribution in [3.63, 3.8) is 0 Å². The molecule has 1 aromatic heterocycles. The third kappa shape index (κ3) is 4.75. The van der Waals surface area contributed by atoms with Gasteiger partial charge in [-0.3, -0.25) is 0 Å². The molecule has 1 aliphatic rings. The van der Waals surface area contributed by atoms with Gasteiger partial charge in [-0.15, -0.1) is 0 Å². The zero-order chi connectivity index (χ0) is 18.0. The topological polar surface area (TPSA) is 46.9 Å². The molecule has 0 bridgehead atoms. The highest BCUT2D eigenvalue weighted by atomic mass is 127. The van der Waals surface area contributed by atoms with Crippen LogP contribution in [0, 0.1) is 5.82 Å². The molecule has 25 heavy (non-hydrogen) atoms. The summed E-state index contributed by atoms with van der Waals surface area (Å²) in [7, 11) is 0. The fraction of sp³-hybridized carbons (Fsp3) is 0.267. The molecule has 0 saturated heterocycles. The van der Waals surface area contributed by atoms with E-state index < -0.39 is 38.2 Å². The van der Waals surface area contributed by atoms with E-state index in [2.05, 4.69) is 10.3 Å². The summed E-state index contributed by atoms with van der Waals surface area (Å²) in [5, 5.41) is 3.32. The van der Waals surface area contributed by atoms with Crippen LogP contribution < -0.4 is 11.0 Å². The van der Waals surface area contributed by atoms with Gasteiger partial charge in [-0.2, -0.15) is 18.2 Å². The van der Waals surface area contributed by atoms with E-state index in [0.717, 1.165) is 15.2 Å². The van der Waals surface area contributed by atoms with E-state index in [1.807, 2.05) is 0 Å². The quantitative estimate of drug-likeness (QED) is 0.521. The Hall–Kier alpha value is -1.56. The lowest BCUT2D eigenvalue weighted by atomic mass is 10.1. The Labute approximate surface area is 154 Å². The largest absolute Gasteiger partial charge is 0.413 e. The van der Waals surface area contributed by atoms with E-state index in [-0.39, 0.29) is 25.2 Å². The first-order chi connectivity index (χ1) is 11.8. The fourth-order valence-electron chi connectivity index (χ4n) is 2.15. The number of benzene rings is 1. The van der Waals surface area contributed by atoms with Crippen molar-refractivity contribution in [2.45, 2.75) is 25.6 Å². The van der Waals surface area contributed by atoms with Crippen molar-refractivity contribution in [2.75, 3.05) is 5.32 Å². The number of anilines is 1. The molecule has 4 nitrogen and oxygen atoms in total. The van der Waals surface area contributed by atoms with Crippen LogP contribution >= 0.6 is 32.3 Å². The third-order valence-corrected chi connectivity index (χ3v) is 6.86. The standard InChI is InChI=1S/C15H12F4IN3OS/c16-11-3-1-2-9(6-11)8-23-14(24)22-13(25-23)21-12-5-4-10(7-20-12)15(17,18)19/h1-3,6-7H,4-5,8H2,(H,21,22,24). The normalized spacial score (nSPS) is 15.2. The molecule has 0 radical (unpaired) electrons. The van der Waals surface area contributed by atoms with Crippen molar-refractivity contribution >= 4 is 41.0 Å². The van der Waals surface area contributed by atoms with E-state index in [4.69, 9.17) is 0 Å². The van der Waals surface area contributed by atoms with Crippen LogP contribution in [0.5, 0.6) is 0 Å². The number of allylic oxidation sites excluding steroid dienone is 1. The summed E-state index contributed by atoms with van der Waals surface area (Å²) in [6, 6.07) is 5.91. The van der Waals surface area contributed by atoms with Crippen molar-refractivity contribution in [3.8, 4) is 0 Å². The summed E-state index contributed by atoms with van der Waals surface area (Å²) >= 11 is 0.165. The Morgan fingerprint density at radius 2 is 2.12 bits per heavy atom. The highest BCUT2D eigenvalue weighted by Crippen LogP contribution is 2.34. The zero-order valence-corrected chi connectivity index (χ0v) is 15.6. The number of halogens is 5. The molecule has 0 saturated carbocycles. The summed E-state index contributed by atoms with van der Waals surface area (Å²) in [5.41, 5.74) is -0.318. The Bertz CT molecular complexity index is 901. The maximum absolute atomic E-state index is 13.2. The van der Waals surface area contributed by atoms with Crippen molar-refractivity contribution in [1.82, 2.24) is 8.94 Å². The van der Waals surface area contributed by atoms with E-state index in [1.165, 1.54) is 20.2 Å². The smallest absolute Gasteiger partial charge is 0.329 e. The Balaban J connectivity index is 1.72. The number of rotatable bonds is 4. The Kier molecular flexibility index (Phi) is 5.37. The van der Waals surface area contributed by atoms with Crippen molar-refractivity contribution in [1.29, 1.82) is 0 Å². The lowest BCUT2D eigenvalue weighted by Crippen LogP contribution is -2.18. The van der Waals surface area contributed by atoms with Crippen LogP contribution in [0.3, 0.4) is 0 Å². The van der Waals surface area contributed by atoms with Crippen LogP contribution in [-0.4, -0.2) is 18.7 Å². The minimum Gasteiger partial charge on any atom is -0.329 e. The number of alkyl halides is 3. The van der Waals surface area contributed by atoms with Crippen LogP contribution in [0.15, 0.2) is 38.7 Å². The average Bonchev–Trinajstić information content (AvgIpc) is 2.86. The van der Waals surface area contributed by atoms with Crippen LogP contribution in [0.2, 0.25) is 0 Å². The predicted molar refractivity (Wildman–Crippen MR) is 97.9 cm³/mol. The molecule has 0 amide bonds. The maximum atomic E-state index is 13.2. The first-order valence-electron chi connectivity index (χ1n) is 7.16. The van der Waals surface area contributed by atoms with Gasteiger partial charge >= 0.3 is 11.9 Å². The van der Waals surface area contributed by atoms with E-state index in [0.29, 0.717) is 10.7 Å². The van der Waals surface area contributed by atoms with Gasteiger partial charge in [0.25, 0.3) is 0 Å². The molecule has 1 aliphatic heterocycles. The molecule has 2 aromatic rings. The minimum absolute atomic E-state index is 0.0650. The van der Waals surface area contributed by atoms with Crippen LogP contribution in [-0.2, 0) is 6.54 Å². The molecule has 1 N–H and O–H groups in total. The molecule has 134 valence electrons. The molecular formula is C15H12F4IN3OS. The highest BCUT2D eigenvalue weighted by molar-refractivity contribution is 14.2. The average molecular weight is 485 g/mol. The third-order valence-electron chi connectivity index (χ3n) is 3.36. The van der Waals surface area contributed by atoms with Crippen LogP contribution in [0.25, 0.3) is 0 Å². The van der Waals surface area contributed by atoms with Gasteiger partial charge in [0.1, 0.15) is 5.82 Å². The van der Waals surface area contributed by atoms with E-state index >= 15 is 0 Å². The minimum atomic E-state index is -4.26. The summed E-state index contributed by atoms with van der Waals surface area (Å²) < 4.78 is 54.5. The molecule has 0 fully saturated rings. The molecule has 1 aromatic carbocycles. The predicted octanol–water partition coefficient (Wildman–Crippen LogP) is 4.24. The van der Waals surface area contributed by atoms with Gasteiger partial charge < -0.3 is 5.32 Å². The summed E-state index contributed by atoms with van der Waals surface area (Å²) in [6.45, 7) is 0.193. The fourth-order valence-corrected chi connectivity index (χ4v) is 5.57. The van der Waals surface area contributed by atoms with Crippen molar-refractivity contribution < 1.29 is 17.6 Å². The number of nitrogens with one attached hydrogen (secondary N) is 1. The maximum Gasteiger partial charge on any atom is 0.413 e. The number of hydrogen-bond acceptors (Lipinski definition) is 4. The first-order valence-corrected chi connectivity index (χ1v) is 10.3. The van der Waals surface area contributed by atoms with Crippen molar-refractivity contribution in [2.24, 2.45) is 0 Å². The zero-order valence-electron chi connectivity index (χ0n) is 12.6. The van der Waals surface area contributed by atoms with Crippen LogP contribution in [0.4, 0.5) is 22.7 Å². The first kappa shape index (κ1) is 18.2. The Morgan fingerprint density at radius 1 is 1.32 bits per heavy atom. The van der Waals surface area contributed by atoms with Gasteiger partial charge in [0.15, 0.2) is 0 Å². The monoisotopic (exact) mass is 485 g/mol. The highest BCUT2D eigenvalue weighted by Gasteiger charge is 2.34. The number of hydrogen-bond donors (Lipinski definition) is 1. The van der Waals surface area contributed by atoms with Crippen LogP contribution in [0.1, 0.15) is 18.4 Å².